The summed E-state index contributed by atoms with van der Waals surface area (Å²) in [5.74, 6) is 0.977. The topological polar surface area (TPSA) is 32.5 Å². The summed E-state index contributed by atoms with van der Waals surface area (Å²) in [7, 11) is 0. The van der Waals surface area contributed by atoms with Crippen molar-refractivity contribution in [3.8, 4) is 0 Å². The van der Waals surface area contributed by atoms with Gasteiger partial charge in [0.1, 0.15) is 5.76 Å². The second kappa shape index (κ2) is 6.50. The van der Waals surface area contributed by atoms with Crippen LogP contribution in [0, 0.1) is 6.92 Å². The van der Waals surface area contributed by atoms with Crippen LogP contribution in [0.4, 0.5) is 5.69 Å². The molecule has 0 aliphatic carbocycles. The summed E-state index contributed by atoms with van der Waals surface area (Å²) in [6.45, 7) is 7.19. The first-order chi connectivity index (χ1) is 10.2. The van der Waals surface area contributed by atoms with Gasteiger partial charge in [-0.05, 0) is 25.1 Å². The highest BCUT2D eigenvalue weighted by atomic mass is 35.5. The highest BCUT2D eigenvalue weighted by Crippen LogP contribution is 2.20. The van der Waals surface area contributed by atoms with Crippen molar-refractivity contribution in [2.75, 3.05) is 37.6 Å². The molecular formula is C16H20ClN3O. The smallest absolute Gasteiger partial charge is 0.138 e. The van der Waals surface area contributed by atoms with Crippen LogP contribution >= 0.6 is 11.6 Å². The van der Waals surface area contributed by atoms with Crippen LogP contribution < -0.4 is 4.90 Å². The third-order valence-electron chi connectivity index (χ3n) is 3.90. The Kier molecular flexibility index (Phi) is 4.46. The minimum Gasteiger partial charge on any atom is -0.369 e. The molecule has 3 rings (SSSR count). The van der Waals surface area contributed by atoms with Gasteiger partial charge in [-0.15, -0.1) is 0 Å². The number of nitrogens with zero attached hydrogens (tertiary/aromatic N) is 3. The van der Waals surface area contributed by atoms with E-state index in [9.17, 15) is 0 Å². The Balaban J connectivity index is 1.49. The molecule has 1 saturated heterocycles. The fraction of sp³-hybridized carbons (Fsp3) is 0.438. The monoisotopic (exact) mass is 305 g/mol. The van der Waals surface area contributed by atoms with Crippen molar-refractivity contribution in [1.82, 2.24) is 10.1 Å². The maximum Gasteiger partial charge on any atom is 0.138 e. The lowest BCUT2D eigenvalue weighted by Gasteiger charge is -2.36. The quantitative estimate of drug-likeness (QED) is 0.869. The fourth-order valence-electron chi connectivity index (χ4n) is 2.70. The van der Waals surface area contributed by atoms with E-state index in [-0.39, 0.29) is 0 Å². The van der Waals surface area contributed by atoms with Gasteiger partial charge in [-0.2, -0.15) is 0 Å². The molecule has 0 amide bonds. The lowest BCUT2D eigenvalue weighted by molar-refractivity contribution is 0.250. The first kappa shape index (κ1) is 14.4. The molecule has 0 radical (unpaired) electrons. The first-order valence-corrected chi connectivity index (χ1v) is 7.73. The van der Waals surface area contributed by atoms with Crippen molar-refractivity contribution in [3.63, 3.8) is 0 Å². The van der Waals surface area contributed by atoms with Crippen LogP contribution in [0.1, 0.15) is 11.5 Å². The molecule has 1 aliphatic heterocycles. The zero-order chi connectivity index (χ0) is 14.7. The first-order valence-electron chi connectivity index (χ1n) is 7.36. The number of halogens is 1. The van der Waals surface area contributed by atoms with Gasteiger partial charge in [0.05, 0.1) is 5.69 Å². The molecule has 4 nitrogen and oxygen atoms in total. The minimum absolute atomic E-state index is 0.801. The number of anilines is 1. The molecule has 1 aliphatic rings. The van der Waals surface area contributed by atoms with E-state index < -0.39 is 0 Å². The van der Waals surface area contributed by atoms with E-state index in [1.54, 1.807) is 0 Å². The summed E-state index contributed by atoms with van der Waals surface area (Å²) in [4.78, 5) is 4.86. The Morgan fingerprint density at radius 3 is 2.67 bits per heavy atom. The minimum atomic E-state index is 0.801. The lowest BCUT2D eigenvalue weighted by Crippen LogP contribution is -2.46. The number of aryl methyl sites for hydroxylation is 1. The predicted molar refractivity (Wildman–Crippen MR) is 85.0 cm³/mol. The highest BCUT2D eigenvalue weighted by Gasteiger charge is 2.17. The lowest BCUT2D eigenvalue weighted by atomic mass is 10.2. The summed E-state index contributed by atoms with van der Waals surface area (Å²) in [6, 6.07) is 10.1. The van der Waals surface area contributed by atoms with E-state index in [0.29, 0.717) is 0 Å². The molecule has 0 atom stereocenters. The van der Waals surface area contributed by atoms with Crippen LogP contribution in [0.3, 0.4) is 0 Å². The van der Waals surface area contributed by atoms with Crippen LogP contribution in [0.15, 0.2) is 34.9 Å². The molecule has 5 heteroatoms. The van der Waals surface area contributed by atoms with Crippen molar-refractivity contribution < 1.29 is 4.52 Å². The van der Waals surface area contributed by atoms with Crippen LogP contribution in [-0.2, 0) is 6.42 Å². The molecule has 21 heavy (non-hydrogen) atoms. The van der Waals surface area contributed by atoms with Gasteiger partial charge in [0.15, 0.2) is 0 Å². The number of hydrogen-bond donors (Lipinski definition) is 0. The molecule has 0 bridgehead atoms. The molecule has 0 unspecified atom stereocenters. The van der Waals surface area contributed by atoms with Gasteiger partial charge in [0, 0.05) is 55.9 Å². The fourth-order valence-corrected chi connectivity index (χ4v) is 2.89. The van der Waals surface area contributed by atoms with E-state index in [1.165, 1.54) is 5.69 Å². The molecule has 2 aromatic rings. The molecule has 1 aromatic carbocycles. The second-order valence-electron chi connectivity index (χ2n) is 5.49. The molecule has 1 aromatic heterocycles. The Morgan fingerprint density at radius 2 is 2.00 bits per heavy atom. The Labute approximate surface area is 130 Å². The molecule has 0 spiro atoms. The maximum atomic E-state index is 6.06. The van der Waals surface area contributed by atoms with Crippen molar-refractivity contribution in [1.29, 1.82) is 0 Å². The van der Waals surface area contributed by atoms with Gasteiger partial charge in [-0.1, -0.05) is 22.8 Å². The average Bonchev–Trinajstić information content (AvgIpc) is 2.91. The van der Waals surface area contributed by atoms with Crippen LogP contribution in [-0.4, -0.2) is 42.8 Å². The average molecular weight is 306 g/mol. The van der Waals surface area contributed by atoms with E-state index in [4.69, 9.17) is 16.1 Å². The van der Waals surface area contributed by atoms with Gasteiger partial charge in [0.2, 0.25) is 0 Å². The van der Waals surface area contributed by atoms with Crippen LogP contribution in [0.2, 0.25) is 5.02 Å². The summed E-state index contributed by atoms with van der Waals surface area (Å²) in [5.41, 5.74) is 2.17. The molecule has 0 N–H and O–H groups in total. The number of aromatic nitrogens is 1. The van der Waals surface area contributed by atoms with Gasteiger partial charge in [-0.3, -0.25) is 4.90 Å². The zero-order valence-electron chi connectivity index (χ0n) is 12.3. The Hall–Kier alpha value is -1.52. The summed E-state index contributed by atoms with van der Waals surface area (Å²) in [5, 5.41) is 4.73. The van der Waals surface area contributed by atoms with Crippen molar-refractivity contribution in [3.05, 3.63) is 46.8 Å². The van der Waals surface area contributed by atoms with Gasteiger partial charge >= 0.3 is 0 Å². The van der Waals surface area contributed by atoms with Crippen molar-refractivity contribution >= 4 is 17.3 Å². The van der Waals surface area contributed by atoms with Crippen LogP contribution in [0.5, 0.6) is 0 Å². The van der Waals surface area contributed by atoms with E-state index >= 15 is 0 Å². The van der Waals surface area contributed by atoms with Gasteiger partial charge in [0.25, 0.3) is 0 Å². The largest absolute Gasteiger partial charge is 0.369 e. The van der Waals surface area contributed by atoms with Crippen molar-refractivity contribution in [2.24, 2.45) is 0 Å². The van der Waals surface area contributed by atoms with Gasteiger partial charge < -0.3 is 9.42 Å². The summed E-state index contributed by atoms with van der Waals surface area (Å²) in [6.07, 6.45) is 0.929. The Bertz CT molecular complexity index is 591. The van der Waals surface area contributed by atoms with Gasteiger partial charge in [-0.25, -0.2) is 0 Å². The predicted octanol–water partition coefficient (Wildman–Crippen LogP) is 3.00. The highest BCUT2D eigenvalue weighted by molar-refractivity contribution is 6.30. The standard InChI is InChI=1S/C16H20ClN3O/c1-13-11-16(21-18-13)5-6-19-7-9-20(10-8-19)15-4-2-3-14(17)12-15/h2-4,11-12H,5-10H2,1H3. The maximum absolute atomic E-state index is 6.06. The third-order valence-corrected chi connectivity index (χ3v) is 4.13. The molecule has 112 valence electrons. The summed E-state index contributed by atoms with van der Waals surface area (Å²) < 4.78 is 5.26. The normalized spacial score (nSPS) is 16.4. The Morgan fingerprint density at radius 1 is 1.19 bits per heavy atom. The molecule has 0 saturated carbocycles. The number of rotatable bonds is 4. The zero-order valence-corrected chi connectivity index (χ0v) is 13.0. The number of piperazine rings is 1. The van der Waals surface area contributed by atoms with Crippen molar-refractivity contribution in [2.45, 2.75) is 13.3 Å². The second-order valence-corrected chi connectivity index (χ2v) is 5.93. The van der Waals surface area contributed by atoms with E-state index in [1.807, 2.05) is 31.2 Å². The third kappa shape index (κ3) is 3.77. The molecular weight excluding hydrogens is 286 g/mol. The van der Waals surface area contributed by atoms with Crippen LogP contribution in [0.25, 0.3) is 0 Å². The van der Waals surface area contributed by atoms with E-state index in [0.717, 1.165) is 55.6 Å². The molecule has 1 fully saturated rings. The SMILES string of the molecule is Cc1cc(CCN2CCN(c3cccc(Cl)c3)CC2)on1. The van der Waals surface area contributed by atoms with E-state index in [2.05, 4.69) is 21.0 Å². The number of hydrogen-bond acceptors (Lipinski definition) is 4. The number of benzene rings is 1. The summed E-state index contributed by atoms with van der Waals surface area (Å²) >= 11 is 6.06. The molecule has 2 heterocycles.